The first-order chi connectivity index (χ1) is 9.54. The SMILES string of the molecule is CSCCN(C)C(=O)N1CCc2ccc(C(=O)O)cc21. The van der Waals surface area contributed by atoms with Crippen LogP contribution in [0.25, 0.3) is 0 Å². The second kappa shape index (κ2) is 6.17. The van der Waals surface area contributed by atoms with E-state index in [-0.39, 0.29) is 11.6 Å². The van der Waals surface area contributed by atoms with Gasteiger partial charge in [-0.15, -0.1) is 0 Å². The van der Waals surface area contributed by atoms with Crippen molar-refractivity contribution in [1.82, 2.24) is 4.90 Å². The van der Waals surface area contributed by atoms with Crippen LogP contribution in [0.15, 0.2) is 18.2 Å². The van der Waals surface area contributed by atoms with Crippen molar-refractivity contribution in [1.29, 1.82) is 0 Å². The minimum atomic E-state index is -0.970. The molecule has 1 heterocycles. The van der Waals surface area contributed by atoms with Crippen LogP contribution in [0, 0.1) is 0 Å². The Balaban J connectivity index is 2.19. The highest BCUT2D eigenvalue weighted by atomic mass is 32.2. The Labute approximate surface area is 122 Å². The average molecular weight is 294 g/mol. The highest BCUT2D eigenvalue weighted by molar-refractivity contribution is 7.98. The number of hydrogen-bond acceptors (Lipinski definition) is 3. The third-order valence-corrected chi connectivity index (χ3v) is 4.01. The minimum Gasteiger partial charge on any atom is -0.478 e. The summed E-state index contributed by atoms with van der Waals surface area (Å²) >= 11 is 1.69. The van der Waals surface area contributed by atoms with Crippen molar-refractivity contribution in [3.05, 3.63) is 29.3 Å². The van der Waals surface area contributed by atoms with Gasteiger partial charge in [-0.2, -0.15) is 11.8 Å². The molecule has 0 aromatic heterocycles. The zero-order valence-corrected chi connectivity index (χ0v) is 12.4. The molecule has 0 radical (unpaired) electrons. The lowest BCUT2D eigenvalue weighted by Crippen LogP contribution is -2.41. The van der Waals surface area contributed by atoms with Crippen molar-refractivity contribution in [2.45, 2.75) is 6.42 Å². The predicted molar refractivity (Wildman–Crippen MR) is 80.9 cm³/mol. The van der Waals surface area contributed by atoms with E-state index in [9.17, 15) is 9.59 Å². The molecule has 1 N–H and O–H groups in total. The molecular weight excluding hydrogens is 276 g/mol. The van der Waals surface area contributed by atoms with E-state index in [4.69, 9.17) is 5.11 Å². The number of carbonyl (C=O) groups excluding carboxylic acids is 1. The maximum atomic E-state index is 12.4. The van der Waals surface area contributed by atoms with Crippen LogP contribution >= 0.6 is 11.8 Å². The molecule has 2 amide bonds. The molecule has 0 bridgehead atoms. The molecule has 108 valence electrons. The van der Waals surface area contributed by atoms with Crippen molar-refractivity contribution >= 4 is 29.4 Å². The second-order valence-electron chi connectivity index (χ2n) is 4.75. The van der Waals surface area contributed by atoms with Crippen molar-refractivity contribution in [2.75, 3.05) is 37.0 Å². The standard InChI is InChI=1S/C14H18N2O3S/c1-15(7-8-20-2)14(19)16-6-5-10-3-4-11(13(17)18)9-12(10)16/h3-4,9H,5-8H2,1-2H3,(H,17,18). The number of thioether (sulfide) groups is 1. The van der Waals surface area contributed by atoms with E-state index < -0.39 is 5.97 Å². The lowest BCUT2D eigenvalue weighted by molar-refractivity contribution is 0.0697. The lowest BCUT2D eigenvalue weighted by atomic mass is 10.1. The van der Waals surface area contributed by atoms with Gasteiger partial charge in [0.15, 0.2) is 0 Å². The normalized spacial score (nSPS) is 13.2. The molecule has 0 fully saturated rings. The van der Waals surface area contributed by atoms with Crippen LogP contribution in [0.4, 0.5) is 10.5 Å². The smallest absolute Gasteiger partial charge is 0.335 e. The molecule has 2 rings (SSSR count). The molecule has 1 aliphatic rings. The third kappa shape index (κ3) is 2.90. The quantitative estimate of drug-likeness (QED) is 0.924. The Kier molecular flexibility index (Phi) is 4.54. The predicted octanol–water partition coefficient (Wildman–Crippen LogP) is 2.16. The van der Waals surface area contributed by atoms with E-state index in [1.807, 2.05) is 6.26 Å². The maximum absolute atomic E-state index is 12.4. The number of hydrogen-bond donors (Lipinski definition) is 1. The topological polar surface area (TPSA) is 60.9 Å². The number of carboxylic acids is 1. The molecule has 0 atom stereocenters. The van der Waals surface area contributed by atoms with Gasteiger partial charge in [-0.3, -0.25) is 4.90 Å². The Morgan fingerprint density at radius 2 is 2.20 bits per heavy atom. The first kappa shape index (κ1) is 14.7. The molecule has 0 saturated carbocycles. The molecule has 1 aromatic carbocycles. The van der Waals surface area contributed by atoms with E-state index in [2.05, 4.69) is 0 Å². The Morgan fingerprint density at radius 1 is 1.45 bits per heavy atom. The number of urea groups is 1. The summed E-state index contributed by atoms with van der Waals surface area (Å²) in [6, 6.07) is 4.91. The number of nitrogens with zero attached hydrogens (tertiary/aromatic N) is 2. The fourth-order valence-corrected chi connectivity index (χ4v) is 2.70. The van der Waals surface area contributed by atoms with Crippen LogP contribution in [0.3, 0.4) is 0 Å². The monoisotopic (exact) mass is 294 g/mol. The summed E-state index contributed by atoms with van der Waals surface area (Å²) in [7, 11) is 1.78. The van der Waals surface area contributed by atoms with E-state index in [0.717, 1.165) is 23.4 Å². The average Bonchev–Trinajstić information content (AvgIpc) is 2.86. The number of fused-ring (bicyclic) bond motifs is 1. The summed E-state index contributed by atoms with van der Waals surface area (Å²) in [5, 5.41) is 9.05. The van der Waals surface area contributed by atoms with E-state index in [1.165, 1.54) is 0 Å². The van der Waals surface area contributed by atoms with E-state index in [0.29, 0.717) is 13.1 Å². The van der Waals surface area contributed by atoms with Crippen molar-refractivity contribution in [3.63, 3.8) is 0 Å². The lowest BCUT2D eigenvalue weighted by Gasteiger charge is -2.25. The Bertz CT molecular complexity index is 533. The highest BCUT2D eigenvalue weighted by Crippen LogP contribution is 2.29. The zero-order chi connectivity index (χ0) is 14.7. The fourth-order valence-electron chi connectivity index (χ4n) is 2.24. The van der Waals surface area contributed by atoms with Gasteiger partial charge in [-0.25, -0.2) is 9.59 Å². The molecule has 0 saturated heterocycles. The van der Waals surface area contributed by atoms with Crippen molar-refractivity contribution in [3.8, 4) is 0 Å². The second-order valence-corrected chi connectivity index (χ2v) is 5.73. The van der Waals surface area contributed by atoms with Gasteiger partial charge in [-0.1, -0.05) is 6.07 Å². The zero-order valence-electron chi connectivity index (χ0n) is 11.6. The van der Waals surface area contributed by atoms with Crippen molar-refractivity contribution < 1.29 is 14.7 Å². The van der Waals surface area contributed by atoms with Crippen molar-refractivity contribution in [2.24, 2.45) is 0 Å². The largest absolute Gasteiger partial charge is 0.478 e. The molecule has 0 spiro atoms. The summed E-state index contributed by atoms with van der Waals surface area (Å²) in [6.45, 7) is 1.30. The summed E-state index contributed by atoms with van der Waals surface area (Å²) in [6.07, 6.45) is 2.78. The number of carboxylic acid groups (broad SMARTS) is 1. The van der Waals surface area contributed by atoms with E-state index >= 15 is 0 Å². The maximum Gasteiger partial charge on any atom is 0.335 e. The molecule has 1 aliphatic heterocycles. The molecule has 5 nitrogen and oxygen atoms in total. The van der Waals surface area contributed by atoms with Gasteiger partial charge in [-0.05, 0) is 30.4 Å². The number of aromatic carboxylic acids is 1. The minimum absolute atomic E-state index is 0.0691. The summed E-state index contributed by atoms with van der Waals surface area (Å²) in [5.41, 5.74) is 1.97. The van der Waals surface area contributed by atoms with Crippen LogP contribution in [-0.2, 0) is 6.42 Å². The van der Waals surface area contributed by atoms with Gasteiger partial charge in [0, 0.05) is 31.6 Å². The first-order valence-electron chi connectivity index (χ1n) is 6.42. The molecular formula is C14H18N2O3S. The van der Waals surface area contributed by atoms with Gasteiger partial charge >= 0.3 is 12.0 Å². The molecule has 6 heteroatoms. The number of carbonyl (C=O) groups is 2. The summed E-state index contributed by atoms with van der Waals surface area (Å²) in [4.78, 5) is 26.8. The molecule has 1 aromatic rings. The first-order valence-corrected chi connectivity index (χ1v) is 7.81. The molecule has 0 aliphatic carbocycles. The molecule has 20 heavy (non-hydrogen) atoms. The van der Waals surface area contributed by atoms with Crippen LogP contribution in [0.2, 0.25) is 0 Å². The number of benzene rings is 1. The number of rotatable bonds is 4. The van der Waals surface area contributed by atoms with Gasteiger partial charge in [0.25, 0.3) is 0 Å². The Morgan fingerprint density at radius 3 is 2.85 bits per heavy atom. The Hall–Kier alpha value is -1.69. The van der Waals surface area contributed by atoms with Crippen LogP contribution < -0.4 is 4.90 Å². The van der Waals surface area contributed by atoms with Crippen LogP contribution in [0.5, 0.6) is 0 Å². The van der Waals surface area contributed by atoms with Gasteiger partial charge in [0.05, 0.1) is 5.56 Å². The number of amides is 2. The van der Waals surface area contributed by atoms with Gasteiger partial charge < -0.3 is 10.0 Å². The highest BCUT2D eigenvalue weighted by Gasteiger charge is 2.27. The molecule has 0 unspecified atom stereocenters. The van der Waals surface area contributed by atoms with Crippen LogP contribution in [0.1, 0.15) is 15.9 Å². The summed E-state index contributed by atoms with van der Waals surface area (Å²) < 4.78 is 0. The van der Waals surface area contributed by atoms with Crippen LogP contribution in [-0.4, -0.2) is 54.2 Å². The van der Waals surface area contributed by atoms with Gasteiger partial charge in [0.1, 0.15) is 0 Å². The third-order valence-electron chi connectivity index (χ3n) is 3.42. The van der Waals surface area contributed by atoms with E-state index in [1.54, 1.807) is 46.8 Å². The summed E-state index contributed by atoms with van der Waals surface area (Å²) in [5.74, 6) is -0.0826. The van der Waals surface area contributed by atoms with Gasteiger partial charge in [0.2, 0.25) is 0 Å². The fraction of sp³-hybridized carbons (Fsp3) is 0.429. The number of anilines is 1.